The van der Waals surface area contributed by atoms with Crippen molar-refractivity contribution in [2.75, 3.05) is 11.9 Å². The first-order valence-electron chi connectivity index (χ1n) is 10.9. The topological polar surface area (TPSA) is 99.5 Å². The number of nitrogens with zero attached hydrogens (tertiary/aromatic N) is 2. The van der Waals surface area contributed by atoms with Crippen molar-refractivity contribution in [1.82, 2.24) is 9.78 Å². The molecule has 0 aliphatic carbocycles. The van der Waals surface area contributed by atoms with Crippen LogP contribution in [0.5, 0.6) is 5.75 Å². The Morgan fingerprint density at radius 1 is 1.08 bits per heavy atom. The Bertz CT molecular complexity index is 1540. The molecule has 0 fully saturated rings. The number of hydrogen-bond acceptors (Lipinski definition) is 7. The third-order valence-corrected chi connectivity index (χ3v) is 6.04. The van der Waals surface area contributed by atoms with Crippen molar-refractivity contribution < 1.29 is 32.2 Å². The first kappa shape index (κ1) is 25.9. The van der Waals surface area contributed by atoms with Gasteiger partial charge in [-0.1, -0.05) is 17.2 Å². The molecule has 0 saturated carbocycles. The molecule has 2 aromatic carbocycles. The van der Waals surface area contributed by atoms with Crippen LogP contribution in [0.15, 0.2) is 52.6 Å². The molecule has 0 unspecified atom stereocenters. The smallest absolute Gasteiger partial charge is 0.461 e. The van der Waals surface area contributed by atoms with Gasteiger partial charge in [-0.25, -0.2) is 4.79 Å². The molecule has 0 aliphatic heterocycles. The molecule has 0 atom stereocenters. The van der Waals surface area contributed by atoms with E-state index < -0.39 is 29.5 Å². The first-order chi connectivity index (χ1) is 17.5. The molecule has 0 saturated heterocycles. The number of hydrogen-bond donors (Lipinski definition) is 1. The molecule has 12 heteroatoms. The Morgan fingerprint density at radius 2 is 1.73 bits per heavy atom. The summed E-state index contributed by atoms with van der Waals surface area (Å²) in [6, 6.07) is 9.73. The van der Waals surface area contributed by atoms with E-state index in [0.717, 1.165) is 39.3 Å². The summed E-state index contributed by atoms with van der Waals surface area (Å²) >= 11 is 1.03. The SMILES string of the molecule is CCOC(=O)c1nn(-c2ccc(OC(F)(F)F)cc2)c(=O)c2c(NC(=O)c3cc(C)cc(C)c3)scc12. The summed E-state index contributed by atoms with van der Waals surface area (Å²) in [7, 11) is 0. The van der Waals surface area contributed by atoms with Gasteiger partial charge in [-0.2, -0.15) is 9.78 Å². The number of fused-ring (bicyclic) bond motifs is 1. The minimum atomic E-state index is -4.88. The average molecular weight is 532 g/mol. The van der Waals surface area contributed by atoms with E-state index in [9.17, 15) is 27.6 Å². The fraction of sp³-hybridized carbons (Fsp3) is 0.200. The molecule has 0 aliphatic rings. The molecule has 1 N–H and O–H groups in total. The quantitative estimate of drug-likeness (QED) is 0.335. The Hall–Kier alpha value is -4.19. The lowest BCUT2D eigenvalue weighted by Crippen LogP contribution is -2.25. The van der Waals surface area contributed by atoms with Gasteiger partial charge >= 0.3 is 12.3 Å². The summed E-state index contributed by atoms with van der Waals surface area (Å²) < 4.78 is 47.4. The highest BCUT2D eigenvalue weighted by Gasteiger charge is 2.31. The highest BCUT2D eigenvalue weighted by Crippen LogP contribution is 2.31. The Morgan fingerprint density at radius 3 is 2.32 bits per heavy atom. The Balaban J connectivity index is 1.82. The predicted molar refractivity (Wildman–Crippen MR) is 132 cm³/mol. The number of anilines is 1. The summed E-state index contributed by atoms with van der Waals surface area (Å²) in [6.45, 7) is 5.36. The molecule has 2 aromatic heterocycles. The molecule has 2 heterocycles. The number of carbonyl (C=O) groups is 2. The number of alkyl halides is 3. The minimum Gasteiger partial charge on any atom is -0.461 e. The van der Waals surface area contributed by atoms with Crippen LogP contribution in [0, 0.1) is 13.8 Å². The maximum atomic E-state index is 13.5. The third kappa shape index (κ3) is 5.64. The van der Waals surface area contributed by atoms with Crippen LogP contribution >= 0.6 is 11.3 Å². The summed E-state index contributed by atoms with van der Waals surface area (Å²) in [5.41, 5.74) is 1.36. The van der Waals surface area contributed by atoms with E-state index in [2.05, 4.69) is 15.2 Å². The number of ether oxygens (including phenoxy) is 2. The minimum absolute atomic E-state index is 0.0106. The van der Waals surface area contributed by atoms with Crippen molar-refractivity contribution in [3.05, 3.63) is 80.6 Å². The normalized spacial score (nSPS) is 11.4. The van der Waals surface area contributed by atoms with Crippen molar-refractivity contribution in [2.45, 2.75) is 27.1 Å². The zero-order valence-corrected chi connectivity index (χ0v) is 20.6. The lowest BCUT2D eigenvalue weighted by molar-refractivity contribution is -0.274. The van der Waals surface area contributed by atoms with E-state index in [1.165, 1.54) is 17.5 Å². The molecule has 0 bridgehead atoms. The van der Waals surface area contributed by atoms with Gasteiger partial charge in [-0.3, -0.25) is 9.59 Å². The highest BCUT2D eigenvalue weighted by molar-refractivity contribution is 7.16. The molecule has 1 amide bonds. The molecule has 0 spiro atoms. The van der Waals surface area contributed by atoms with Gasteiger partial charge in [0.05, 0.1) is 17.7 Å². The lowest BCUT2D eigenvalue weighted by Gasteiger charge is -2.12. The second kappa shape index (κ2) is 10.1. The summed E-state index contributed by atoms with van der Waals surface area (Å²) in [5.74, 6) is -1.75. The lowest BCUT2D eigenvalue weighted by atomic mass is 10.1. The Kier molecular flexibility index (Phi) is 7.03. The largest absolute Gasteiger partial charge is 0.573 e. The van der Waals surface area contributed by atoms with Crippen LogP contribution in [-0.2, 0) is 4.74 Å². The second-order valence-electron chi connectivity index (χ2n) is 8.01. The van der Waals surface area contributed by atoms with Crippen LogP contribution in [0.4, 0.5) is 18.2 Å². The molecule has 4 rings (SSSR count). The summed E-state index contributed by atoms with van der Waals surface area (Å²) in [5, 5.41) is 8.74. The van der Waals surface area contributed by atoms with Gasteiger partial charge in [0.2, 0.25) is 0 Å². The van der Waals surface area contributed by atoms with Crippen molar-refractivity contribution in [2.24, 2.45) is 0 Å². The summed E-state index contributed by atoms with van der Waals surface area (Å²) in [4.78, 5) is 39.1. The number of benzene rings is 2. The molecular formula is C25H20F3N3O5S. The van der Waals surface area contributed by atoms with Crippen LogP contribution in [-0.4, -0.2) is 34.6 Å². The van der Waals surface area contributed by atoms with Crippen molar-refractivity contribution in [3.8, 4) is 11.4 Å². The number of halogens is 3. The van der Waals surface area contributed by atoms with E-state index in [4.69, 9.17) is 4.74 Å². The molecular weight excluding hydrogens is 511 g/mol. The monoisotopic (exact) mass is 531 g/mol. The number of aryl methyl sites for hydroxylation is 2. The van der Waals surface area contributed by atoms with E-state index in [1.807, 2.05) is 19.9 Å². The van der Waals surface area contributed by atoms with Crippen molar-refractivity contribution >= 4 is 39.0 Å². The molecule has 4 aromatic rings. The Labute approximate surface area is 212 Å². The average Bonchev–Trinajstić information content (AvgIpc) is 3.22. The highest BCUT2D eigenvalue weighted by atomic mass is 32.1. The van der Waals surface area contributed by atoms with Gasteiger partial charge in [-0.05, 0) is 57.2 Å². The van der Waals surface area contributed by atoms with Gasteiger partial charge in [0.25, 0.3) is 11.5 Å². The van der Waals surface area contributed by atoms with Crippen LogP contribution in [0.25, 0.3) is 16.5 Å². The van der Waals surface area contributed by atoms with Crippen LogP contribution in [0.1, 0.15) is 38.9 Å². The van der Waals surface area contributed by atoms with Crippen molar-refractivity contribution in [3.63, 3.8) is 0 Å². The van der Waals surface area contributed by atoms with Gasteiger partial charge in [0.15, 0.2) is 5.69 Å². The predicted octanol–water partition coefficient (Wildman–Crippen LogP) is 5.39. The number of carbonyl (C=O) groups excluding carboxylic acids is 2. The number of nitrogens with one attached hydrogen (secondary N) is 1. The van der Waals surface area contributed by atoms with Gasteiger partial charge in [-0.15, -0.1) is 24.5 Å². The van der Waals surface area contributed by atoms with E-state index in [0.29, 0.717) is 5.56 Å². The fourth-order valence-corrected chi connectivity index (χ4v) is 4.67. The molecule has 192 valence electrons. The maximum Gasteiger partial charge on any atom is 0.573 e. The van der Waals surface area contributed by atoms with Gasteiger partial charge < -0.3 is 14.8 Å². The van der Waals surface area contributed by atoms with Crippen LogP contribution in [0.3, 0.4) is 0 Å². The third-order valence-electron chi connectivity index (χ3n) is 5.15. The van der Waals surface area contributed by atoms with E-state index in [-0.39, 0.29) is 33.8 Å². The summed E-state index contributed by atoms with van der Waals surface area (Å²) in [6.07, 6.45) is -4.88. The zero-order chi connectivity index (χ0) is 26.9. The van der Waals surface area contributed by atoms with Crippen LogP contribution in [0.2, 0.25) is 0 Å². The van der Waals surface area contributed by atoms with E-state index >= 15 is 0 Å². The fourth-order valence-electron chi connectivity index (χ4n) is 3.74. The number of amides is 1. The number of thiophene rings is 1. The number of aromatic nitrogens is 2. The maximum absolute atomic E-state index is 13.5. The standard InChI is InChI=1S/C25H20F3N3O5S/c1-4-35-24(34)20-18-12-37-22(29-21(32)15-10-13(2)9-14(3)11-15)19(18)23(33)31(30-20)16-5-7-17(8-6-16)36-25(26,27)28/h5-12H,4H2,1-3H3,(H,29,32). The van der Waals surface area contributed by atoms with Crippen molar-refractivity contribution in [1.29, 1.82) is 0 Å². The van der Waals surface area contributed by atoms with E-state index in [1.54, 1.807) is 19.1 Å². The van der Waals surface area contributed by atoms with Crippen LogP contribution < -0.4 is 15.6 Å². The molecule has 37 heavy (non-hydrogen) atoms. The first-order valence-corrected chi connectivity index (χ1v) is 11.8. The van der Waals surface area contributed by atoms with Gasteiger partial charge in [0, 0.05) is 16.3 Å². The number of rotatable bonds is 6. The molecule has 0 radical (unpaired) electrons. The molecule has 8 nitrogen and oxygen atoms in total. The second-order valence-corrected chi connectivity index (χ2v) is 8.89. The van der Waals surface area contributed by atoms with Gasteiger partial charge in [0.1, 0.15) is 10.8 Å². The number of esters is 1. The zero-order valence-electron chi connectivity index (χ0n) is 19.8.